The minimum atomic E-state index is 0.118. The molecular formula is C17H18N2O. The molecule has 0 radical (unpaired) electrons. The van der Waals surface area contributed by atoms with Gasteiger partial charge in [-0.3, -0.25) is 4.79 Å². The summed E-state index contributed by atoms with van der Waals surface area (Å²) in [6.07, 6.45) is 1.31. The summed E-state index contributed by atoms with van der Waals surface area (Å²) in [5.74, 6) is 0.118. The molecule has 1 amide bonds. The molecule has 20 heavy (non-hydrogen) atoms. The molecule has 0 unspecified atom stereocenters. The van der Waals surface area contributed by atoms with E-state index in [0.29, 0.717) is 12.1 Å². The van der Waals surface area contributed by atoms with Crippen LogP contribution in [0.3, 0.4) is 0 Å². The number of anilines is 2. The lowest BCUT2D eigenvalue weighted by molar-refractivity contribution is -0.117. The monoisotopic (exact) mass is 266 g/mol. The Hall–Kier alpha value is -2.29. The van der Waals surface area contributed by atoms with Gasteiger partial charge in [0.25, 0.3) is 0 Å². The predicted octanol–water partition coefficient (Wildman–Crippen LogP) is 2.71. The van der Waals surface area contributed by atoms with Crippen LogP contribution in [0.4, 0.5) is 11.4 Å². The molecule has 3 heteroatoms. The molecule has 3 rings (SSSR count). The molecular weight excluding hydrogens is 248 g/mol. The van der Waals surface area contributed by atoms with E-state index in [1.807, 2.05) is 48.2 Å². The van der Waals surface area contributed by atoms with Crippen molar-refractivity contribution < 1.29 is 4.79 Å². The zero-order chi connectivity index (χ0) is 14.1. The Morgan fingerprint density at radius 3 is 2.85 bits per heavy atom. The SMILES string of the molecule is Cc1cccc(CC(=O)N2CCc3cccc(N)c32)c1. The minimum Gasteiger partial charge on any atom is -0.397 e. The second-order valence-electron chi connectivity index (χ2n) is 5.32. The summed E-state index contributed by atoms with van der Waals surface area (Å²) in [4.78, 5) is 14.3. The number of amides is 1. The molecule has 0 saturated heterocycles. The number of carbonyl (C=O) groups excluding carboxylic acids is 1. The fourth-order valence-corrected chi connectivity index (χ4v) is 2.83. The van der Waals surface area contributed by atoms with Crippen molar-refractivity contribution >= 4 is 17.3 Å². The van der Waals surface area contributed by atoms with Crippen molar-refractivity contribution in [3.63, 3.8) is 0 Å². The fraction of sp³-hybridized carbons (Fsp3) is 0.235. The van der Waals surface area contributed by atoms with Gasteiger partial charge in [0.1, 0.15) is 0 Å². The molecule has 0 saturated carbocycles. The smallest absolute Gasteiger partial charge is 0.231 e. The van der Waals surface area contributed by atoms with Crippen LogP contribution in [0, 0.1) is 6.92 Å². The minimum absolute atomic E-state index is 0.118. The highest BCUT2D eigenvalue weighted by Gasteiger charge is 2.26. The predicted molar refractivity (Wildman–Crippen MR) is 81.8 cm³/mol. The molecule has 1 heterocycles. The number of rotatable bonds is 2. The van der Waals surface area contributed by atoms with Crippen molar-refractivity contribution in [2.75, 3.05) is 17.2 Å². The molecule has 0 fully saturated rings. The Kier molecular flexibility index (Phi) is 3.18. The highest BCUT2D eigenvalue weighted by Crippen LogP contribution is 2.33. The fourth-order valence-electron chi connectivity index (χ4n) is 2.83. The number of hydrogen-bond donors (Lipinski definition) is 1. The zero-order valence-corrected chi connectivity index (χ0v) is 11.6. The van der Waals surface area contributed by atoms with Crippen molar-refractivity contribution in [3.8, 4) is 0 Å². The highest BCUT2D eigenvalue weighted by atomic mass is 16.2. The average Bonchev–Trinajstić information content (AvgIpc) is 2.84. The van der Waals surface area contributed by atoms with Gasteiger partial charge in [0, 0.05) is 6.54 Å². The first-order valence-electron chi connectivity index (χ1n) is 6.88. The quantitative estimate of drug-likeness (QED) is 0.849. The maximum atomic E-state index is 12.5. The first kappa shape index (κ1) is 12.7. The third-order valence-electron chi connectivity index (χ3n) is 3.76. The highest BCUT2D eigenvalue weighted by molar-refractivity contribution is 5.99. The molecule has 2 aromatic carbocycles. The van der Waals surface area contributed by atoms with Gasteiger partial charge in [-0.1, -0.05) is 42.0 Å². The standard InChI is InChI=1S/C17H18N2O/c1-12-4-2-5-13(10-12)11-16(20)19-9-8-14-6-3-7-15(18)17(14)19/h2-7,10H,8-9,11,18H2,1H3. The van der Waals surface area contributed by atoms with Crippen LogP contribution in [0.15, 0.2) is 42.5 Å². The van der Waals surface area contributed by atoms with E-state index in [2.05, 4.69) is 6.07 Å². The maximum absolute atomic E-state index is 12.5. The number of aryl methyl sites for hydroxylation is 1. The Morgan fingerprint density at radius 1 is 1.25 bits per heavy atom. The first-order valence-corrected chi connectivity index (χ1v) is 6.88. The lowest BCUT2D eigenvalue weighted by Gasteiger charge is -2.19. The number of nitrogen functional groups attached to an aromatic ring is 1. The topological polar surface area (TPSA) is 46.3 Å². The lowest BCUT2D eigenvalue weighted by Crippen LogP contribution is -2.30. The van der Waals surface area contributed by atoms with Gasteiger partial charge in [-0.25, -0.2) is 0 Å². The summed E-state index contributed by atoms with van der Waals surface area (Å²) >= 11 is 0. The van der Waals surface area contributed by atoms with Crippen molar-refractivity contribution in [2.45, 2.75) is 19.8 Å². The van der Waals surface area contributed by atoms with E-state index in [1.54, 1.807) is 0 Å². The summed E-state index contributed by atoms with van der Waals surface area (Å²) in [6, 6.07) is 13.9. The first-order chi connectivity index (χ1) is 9.65. The largest absolute Gasteiger partial charge is 0.397 e. The van der Waals surface area contributed by atoms with Gasteiger partial charge in [-0.15, -0.1) is 0 Å². The maximum Gasteiger partial charge on any atom is 0.231 e. The molecule has 0 bridgehead atoms. The summed E-state index contributed by atoms with van der Waals surface area (Å²) in [7, 11) is 0. The Labute approximate surface area is 119 Å². The van der Waals surface area contributed by atoms with E-state index < -0.39 is 0 Å². The molecule has 0 aromatic heterocycles. The van der Waals surface area contributed by atoms with Crippen LogP contribution in [-0.4, -0.2) is 12.5 Å². The van der Waals surface area contributed by atoms with Crippen LogP contribution >= 0.6 is 0 Å². The number of benzene rings is 2. The summed E-state index contributed by atoms with van der Waals surface area (Å²) in [5.41, 5.74) is 11.0. The summed E-state index contributed by atoms with van der Waals surface area (Å²) in [6.45, 7) is 2.77. The molecule has 0 aliphatic carbocycles. The van der Waals surface area contributed by atoms with Gasteiger partial charge in [0.05, 0.1) is 17.8 Å². The van der Waals surface area contributed by atoms with Crippen LogP contribution in [0.2, 0.25) is 0 Å². The van der Waals surface area contributed by atoms with Crippen LogP contribution in [0.25, 0.3) is 0 Å². The van der Waals surface area contributed by atoms with E-state index in [9.17, 15) is 4.79 Å². The van der Waals surface area contributed by atoms with Gasteiger partial charge in [0.2, 0.25) is 5.91 Å². The molecule has 1 aliphatic heterocycles. The van der Waals surface area contributed by atoms with Crippen LogP contribution in [0.1, 0.15) is 16.7 Å². The van der Waals surface area contributed by atoms with E-state index in [4.69, 9.17) is 5.73 Å². The van der Waals surface area contributed by atoms with Crippen LogP contribution in [-0.2, 0) is 17.6 Å². The van der Waals surface area contributed by atoms with Crippen LogP contribution < -0.4 is 10.6 Å². The van der Waals surface area contributed by atoms with Crippen LogP contribution in [0.5, 0.6) is 0 Å². The number of fused-ring (bicyclic) bond motifs is 1. The number of hydrogen-bond acceptors (Lipinski definition) is 2. The number of nitrogens with two attached hydrogens (primary N) is 1. The van der Waals surface area contributed by atoms with E-state index in [0.717, 1.165) is 24.2 Å². The molecule has 3 nitrogen and oxygen atoms in total. The van der Waals surface area contributed by atoms with Gasteiger partial charge in [0.15, 0.2) is 0 Å². The van der Waals surface area contributed by atoms with Gasteiger partial charge in [-0.05, 0) is 30.5 Å². The third-order valence-corrected chi connectivity index (χ3v) is 3.76. The van der Waals surface area contributed by atoms with E-state index in [-0.39, 0.29) is 5.91 Å². The number of carbonyl (C=O) groups is 1. The molecule has 2 N–H and O–H groups in total. The normalized spacial score (nSPS) is 13.3. The summed E-state index contributed by atoms with van der Waals surface area (Å²) in [5, 5.41) is 0. The molecule has 2 aromatic rings. The average molecular weight is 266 g/mol. The number of para-hydroxylation sites is 1. The van der Waals surface area contributed by atoms with Gasteiger partial charge in [-0.2, -0.15) is 0 Å². The lowest BCUT2D eigenvalue weighted by atomic mass is 10.1. The van der Waals surface area contributed by atoms with Crippen molar-refractivity contribution in [1.82, 2.24) is 0 Å². The van der Waals surface area contributed by atoms with E-state index >= 15 is 0 Å². The second-order valence-corrected chi connectivity index (χ2v) is 5.32. The second kappa shape index (κ2) is 5.00. The molecule has 0 spiro atoms. The Morgan fingerprint density at radius 2 is 2.05 bits per heavy atom. The van der Waals surface area contributed by atoms with Gasteiger partial charge >= 0.3 is 0 Å². The van der Waals surface area contributed by atoms with Gasteiger partial charge < -0.3 is 10.6 Å². The Bertz CT molecular complexity index is 664. The third kappa shape index (κ3) is 2.27. The number of nitrogens with zero attached hydrogens (tertiary/aromatic N) is 1. The molecule has 1 aliphatic rings. The Balaban J connectivity index is 1.84. The molecule has 0 atom stereocenters. The van der Waals surface area contributed by atoms with E-state index in [1.165, 1.54) is 11.1 Å². The summed E-state index contributed by atoms with van der Waals surface area (Å²) < 4.78 is 0. The zero-order valence-electron chi connectivity index (χ0n) is 11.6. The van der Waals surface area contributed by atoms with Crippen molar-refractivity contribution in [2.24, 2.45) is 0 Å². The molecule has 102 valence electrons. The van der Waals surface area contributed by atoms with Crippen molar-refractivity contribution in [3.05, 3.63) is 59.2 Å². The van der Waals surface area contributed by atoms with Crippen molar-refractivity contribution in [1.29, 1.82) is 0 Å².